The van der Waals surface area contributed by atoms with Gasteiger partial charge >= 0.3 is 0 Å². The molecule has 0 unspecified atom stereocenters. The van der Waals surface area contributed by atoms with Gasteiger partial charge in [0.15, 0.2) is 8.32 Å². The van der Waals surface area contributed by atoms with Gasteiger partial charge in [0.05, 0.1) is 35.2 Å². The molecule has 1 saturated heterocycles. The predicted molar refractivity (Wildman–Crippen MR) is 152 cm³/mol. The summed E-state index contributed by atoms with van der Waals surface area (Å²) in [5, 5.41) is 23.2. The maximum Gasteiger partial charge on any atom is 0.279 e. The summed E-state index contributed by atoms with van der Waals surface area (Å²) < 4.78 is 9.82. The van der Waals surface area contributed by atoms with Gasteiger partial charge in [0, 0.05) is 36.7 Å². The lowest BCUT2D eigenvalue weighted by molar-refractivity contribution is 0.0245. The minimum atomic E-state index is -2.46. The zero-order valence-electron chi connectivity index (χ0n) is 22.8. The molecule has 1 aliphatic heterocycles. The number of hydrogen-bond acceptors (Lipinski definition) is 7. The van der Waals surface area contributed by atoms with E-state index in [0.717, 1.165) is 36.0 Å². The van der Waals surface area contributed by atoms with Crippen molar-refractivity contribution < 1.29 is 14.6 Å². The summed E-state index contributed by atoms with van der Waals surface area (Å²) in [5.41, 5.74) is 2.69. The van der Waals surface area contributed by atoms with Gasteiger partial charge in [-0.1, -0.05) is 42.5 Å². The van der Waals surface area contributed by atoms with Crippen molar-refractivity contribution in [2.24, 2.45) is 5.92 Å². The molecule has 0 saturated carbocycles. The van der Waals surface area contributed by atoms with Crippen molar-refractivity contribution in [1.82, 2.24) is 24.8 Å². The van der Waals surface area contributed by atoms with Crippen LogP contribution < -0.4 is 5.56 Å². The molecule has 2 aromatic carbocycles. The molecule has 3 heterocycles. The third kappa shape index (κ3) is 6.04. The van der Waals surface area contributed by atoms with E-state index in [1.165, 1.54) is 10.2 Å². The van der Waals surface area contributed by atoms with Gasteiger partial charge in [-0.2, -0.15) is 9.78 Å². The monoisotopic (exact) mass is 547 g/mol. The Morgan fingerprint density at radius 3 is 2.54 bits per heavy atom. The number of ether oxygens (including phenoxy) is 1. The van der Waals surface area contributed by atoms with Crippen LogP contribution in [0.4, 0.5) is 0 Å². The Kier molecular flexibility index (Phi) is 8.08. The maximum atomic E-state index is 12.9. The van der Waals surface area contributed by atoms with Crippen molar-refractivity contribution >= 4 is 19.1 Å². The average Bonchev–Trinajstić information content (AvgIpc) is 3.50. The summed E-state index contributed by atoms with van der Waals surface area (Å²) in [6.07, 6.45) is 6.57. The van der Waals surface area contributed by atoms with Gasteiger partial charge in [-0.05, 0) is 62.0 Å². The number of aromatic nitrogens is 5. The number of nitrogens with zero attached hydrogens (tertiary/aromatic N) is 5. The van der Waals surface area contributed by atoms with Gasteiger partial charge in [-0.25, -0.2) is 0 Å². The van der Waals surface area contributed by atoms with E-state index in [0.29, 0.717) is 18.4 Å². The van der Waals surface area contributed by atoms with Crippen LogP contribution in [0.5, 0.6) is 0 Å². The third-order valence-electron chi connectivity index (χ3n) is 7.91. The molecule has 1 aliphatic rings. The molecule has 2 N–H and O–H groups in total. The largest absolute Gasteiger partial charge is 0.432 e. The van der Waals surface area contributed by atoms with Crippen molar-refractivity contribution in [3.05, 3.63) is 82.5 Å². The summed E-state index contributed by atoms with van der Waals surface area (Å²) >= 11 is 0. The molecule has 0 amide bonds. The first kappa shape index (κ1) is 27.4. The van der Waals surface area contributed by atoms with Gasteiger partial charge in [0.25, 0.3) is 5.56 Å². The fourth-order valence-electron chi connectivity index (χ4n) is 6.00. The Balaban J connectivity index is 1.23. The van der Waals surface area contributed by atoms with Crippen LogP contribution in [0.25, 0.3) is 16.5 Å². The predicted octanol–water partition coefficient (Wildman–Crippen LogP) is 3.51. The quantitative estimate of drug-likeness (QED) is 0.292. The molecular formula is C29H37N5O4Si. The highest BCUT2D eigenvalue weighted by Gasteiger charge is 2.49. The van der Waals surface area contributed by atoms with Crippen molar-refractivity contribution in [3.8, 4) is 5.69 Å². The molecule has 4 atom stereocenters. The molecule has 206 valence electrons. The molecule has 10 heteroatoms. The molecule has 0 bridgehead atoms. The molecule has 0 spiro atoms. The molecule has 4 aromatic rings. The van der Waals surface area contributed by atoms with Crippen LogP contribution in [0.1, 0.15) is 31.0 Å². The van der Waals surface area contributed by atoms with Crippen molar-refractivity contribution in [2.75, 3.05) is 6.61 Å². The van der Waals surface area contributed by atoms with Crippen LogP contribution in [-0.4, -0.2) is 61.8 Å². The summed E-state index contributed by atoms with van der Waals surface area (Å²) in [6, 6.07) is 15.5. The molecule has 39 heavy (non-hydrogen) atoms. The number of fused-ring (bicyclic) bond motifs is 1. The molecule has 2 aromatic heterocycles. The normalized spacial score (nSPS) is 21.6. The van der Waals surface area contributed by atoms with Gasteiger partial charge in [0.2, 0.25) is 0 Å². The smallest absolute Gasteiger partial charge is 0.279 e. The van der Waals surface area contributed by atoms with Crippen LogP contribution in [0.3, 0.4) is 0 Å². The summed E-state index contributed by atoms with van der Waals surface area (Å²) in [5.74, 6) is 0.252. The Labute approximate surface area is 229 Å². The highest BCUT2D eigenvalue weighted by atomic mass is 28.4. The first-order chi connectivity index (χ1) is 18.7. The Morgan fingerprint density at radius 2 is 1.79 bits per heavy atom. The second-order valence-electron chi connectivity index (χ2n) is 11.1. The number of hydrogen-bond donors (Lipinski definition) is 2. The maximum absolute atomic E-state index is 12.9. The summed E-state index contributed by atoms with van der Waals surface area (Å²) in [6.45, 7) is 6.92. The first-order valence-corrected chi connectivity index (χ1v) is 16.7. The Bertz CT molecular complexity index is 1460. The minimum absolute atomic E-state index is 0.0320. The zero-order valence-corrected chi connectivity index (χ0v) is 23.8. The third-order valence-corrected chi connectivity index (χ3v) is 10.4. The van der Waals surface area contributed by atoms with Gasteiger partial charge < -0.3 is 14.6 Å². The standard InChI is InChI=1S/C29H37N5O4Si/c1-20-26(38-27(28(20)39(2,3)37)14-16-33-19-23(15-17-35)31-32-33)13-10-21-8-11-24(12-9-21)34-29(36)25-7-5-4-6-22(25)18-30-34/h4-9,11-12,18-20,26-28,35,37H,10,13-17H2,1-3H3/t20-,26+,27-,28+/m0/s1. The molecular weight excluding hydrogens is 510 g/mol. The molecule has 0 aliphatic carbocycles. The highest BCUT2D eigenvalue weighted by Crippen LogP contribution is 2.45. The Morgan fingerprint density at radius 1 is 1.03 bits per heavy atom. The van der Waals surface area contributed by atoms with Crippen LogP contribution >= 0.6 is 0 Å². The number of aliphatic hydroxyl groups excluding tert-OH is 1. The van der Waals surface area contributed by atoms with Crippen molar-refractivity contribution in [3.63, 3.8) is 0 Å². The van der Waals surface area contributed by atoms with Gasteiger partial charge in [0.1, 0.15) is 0 Å². The average molecular weight is 548 g/mol. The van der Waals surface area contributed by atoms with E-state index in [1.807, 2.05) is 67.8 Å². The van der Waals surface area contributed by atoms with Crippen LogP contribution in [0.2, 0.25) is 18.6 Å². The number of aryl methyl sites for hydroxylation is 2. The van der Waals surface area contributed by atoms with E-state index < -0.39 is 8.32 Å². The fourth-order valence-corrected chi connectivity index (χ4v) is 8.66. The van der Waals surface area contributed by atoms with E-state index >= 15 is 0 Å². The number of benzene rings is 2. The minimum Gasteiger partial charge on any atom is -0.432 e. The molecule has 5 rings (SSSR count). The van der Waals surface area contributed by atoms with Crippen molar-refractivity contribution in [1.29, 1.82) is 0 Å². The van der Waals surface area contributed by atoms with Crippen LogP contribution in [0.15, 0.2) is 65.7 Å². The van der Waals surface area contributed by atoms with Gasteiger partial charge in [-0.3, -0.25) is 9.48 Å². The summed E-state index contributed by atoms with van der Waals surface area (Å²) in [4.78, 5) is 24.0. The van der Waals surface area contributed by atoms with E-state index in [9.17, 15) is 9.59 Å². The second-order valence-corrected chi connectivity index (χ2v) is 15.1. The van der Waals surface area contributed by atoms with Gasteiger partial charge in [-0.15, -0.1) is 5.10 Å². The lowest BCUT2D eigenvalue weighted by atomic mass is 9.95. The molecule has 1 fully saturated rings. The fraction of sp³-hybridized carbons (Fsp3) is 0.448. The summed E-state index contributed by atoms with van der Waals surface area (Å²) in [7, 11) is -2.46. The van der Waals surface area contributed by atoms with E-state index in [1.54, 1.807) is 10.9 Å². The highest BCUT2D eigenvalue weighted by molar-refractivity contribution is 6.71. The number of aliphatic hydroxyl groups is 1. The van der Waals surface area contributed by atoms with E-state index in [-0.39, 0.29) is 35.8 Å². The van der Waals surface area contributed by atoms with Crippen LogP contribution in [-0.2, 0) is 24.1 Å². The first-order valence-electron chi connectivity index (χ1n) is 13.7. The number of rotatable bonds is 10. The van der Waals surface area contributed by atoms with E-state index in [2.05, 4.69) is 22.3 Å². The lowest BCUT2D eigenvalue weighted by Gasteiger charge is -2.30. The Hall–Kier alpha value is -3.18. The second kappa shape index (κ2) is 11.5. The zero-order chi connectivity index (χ0) is 27.6. The molecule has 0 radical (unpaired) electrons. The SMILES string of the molecule is C[C@@H]1[C@@H]([Si](C)(C)O)[C@H](CCn2cc(CCO)nn2)O[C@@H]1CCc1ccc(-n2ncc3ccccc3c2=O)cc1. The van der Waals surface area contributed by atoms with Crippen molar-refractivity contribution in [2.45, 2.75) is 70.0 Å². The van der Waals surface area contributed by atoms with Crippen LogP contribution in [0, 0.1) is 5.92 Å². The molecule has 9 nitrogen and oxygen atoms in total. The van der Waals surface area contributed by atoms with E-state index in [4.69, 9.17) is 9.84 Å². The lowest BCUT2D eigenvalue weighted by Crippen LogP contribution is -2.40. The topological polar surface area (TPSA) is 115 Å².